The molecule has 3 aliphatic rings. The largest absolute Gasteiger partial charge is 0.368 e. The van der Waals surface area contributed by atoms with Gasteiger partial charge in [-0.05, 0) is 18.6 Å². The molecule has 1 aromatic carbocycles. The molecule has 0 saturated carbocycles. The molecule has 1 aromatic rings. The number of fused-ring (bicyclic) bond motifs is 1. The summed E-state index contributed by atoms with van der Waals surface area (Å²) in [5.41, 5.74) is 0.884. The molecule has 0 spiro atoms. The summed E-state index contributed by atoms with van der Waals surface area (Å²) in [5, 5.41) is 2.22. The molecule has 0 radical (unpaired) electrons. The van der Waals surface area contributed by atoms with E-state index in [2.05, 4.69) is 5.32 Å². The number of carbonyl (C=O) groups is 4. The number of hydrogen-bond acceptors (Lipinski definition) is 5. The van der Waals surface area contributed by atoms with E-state index in [-0.39, 0.29) is 42.3 Å². The molecule has 3 heterocycles. The van der Waals surface area contributed by atoms with E-state index >= 15 is 0 Å². The van der Waals surface area contributed by atoms with E-state index in [0.29, 0.717) is 18.8 Å². The van der Waals surface area contributed by atoms with Gasteiger partial charge in [0.1, 0.15) is 12.3 Å². The van der Waals surface area contributed by atoms with Gasteiger partial charge < -0.3 is 14.6 Å². The van der Waals surface area contributed by atoms with Crippen molar-refractivity contribution in [2.75, 3.05) is 18.0 Å². The number of hydrogen-bond donors (Lipinski definition) is 1. The van der Waals surface area contributed by atoms with Crippen LogP contribution in [0.25, 0.3) is 0 Å². The first-order valence-electron chi connectivity index (χ1n) is 8.16. The highest BCUT2D eigenvalue weighted by molar-refractivity contribution is 6.05. The van der Waals surface area contributed by atoms with Gasteiger partial charge in [-0.3, -0.25) is 19.7 Å². The maximum atomic E-state index is 14.9. The van der Waals surface area contributed by atoms with Crippen LogP contribution in [0.3, 0.4) is 0 Å². The monoisotopic (exact) mass is 345 g/mol. The number of carbonyl (C=O) groups excluding carboxylic acids is 4. The van der Waals surface area contributed by atoms with Crippen molar-refractivity contribution in [2.45, 2.75) is 25.4 Å². The Balaban J connectivity index is 1.59. The van der Waals surface area contributed by atoms with E-state index in [1.54, 1.807) is 17.0 Å². The lowest BCUT2D eigenvalue weighted by Crippen LogP contribution is -2.52. The van der Waals surface area contributed by atoms with Crippen molar-refractivity contribution in [1.29, 1.82) is 0 Å². The Morgan fingerprint density at radius 2 is 1.96 bits per heavy atom. The van der Waals surface area contributed by atoms with Gasteiger partial charge in [0.2, 0.25) is 11.8 Å². The third-order valence-electron chi connectivity index (χ3n) is 5.07. The minimum absolute atomic E-state index is 0.00503. The third kappa shape index (κ3) is 2.40. The van der Waals surface area contributed by atoms with Gasteiger partial charge >= 0.3 is 0 Å². The van der Waals surface area contributed by atoms with Gasteiger partial charge in [-0.1, -0.05) is 0 Å². The van der Waals surface area contributed by atoms with Gasteiger partial charge in [-0.15, -0.1) is 0 Å². The van der Waals surface area contributed by atoms with E-state index in [1.807, 2.05) is 0 Å². The van der Waals surface area contributed by atoms with Crippen molar-refractivity contribution in [1.82, 2.24) is 10.2 Å². The van der Waals surface area contributed by atoms with E-state index in [4.69, 9.17) is 0 Å². The molecule has 0 aliphatic carbocycles. The van der Waals surface area contributed by atoms with Crippen molar-refractivity contribution in [3.63, 3.8) is 0 Å². The van der Waals surface area contributed by atoms with Crippen LogP contribution in [0.5, 0.6) is 0 Å². The van der Waals surface area contributed by atoms with Crippen molar-refractivity contribution in [2.24, 2.45) is 5.92 Å². The molecule has 2 saturated heterocycles. The number of piperidine rings is 1. The Labute approximate surface area is 142 Å². The molecule has 1 N–H and O–H groups in total. The van der Waals surface area contributed by atoms with Crippen LogP contribution in [-0.2, 0) is 20.9 Å². The molecular weight excluding hydrogens is 329 g/mol. The first-order valence-corrected chi connectivity index (χ1v) is 8.16. The predicted octanol–water partition coefficient (Wildman–Crippen LogP) is 0.222. The van der Waals surface area contributed by atoms with Crippen LogP contribution < -0.4 is 10.2 Å². The average molecular weight is 345 g/mol. The molecule has 7 nitrogen and oxygen atoms in total. The fourth-order valence-corrected chi connectivity index (χ4v) is 3.63. The Hall–Kier alpha value is -2.77. The summed E-state index contributed by atoms with van der Waals surface area (Å²) in [5.74, 6) is -1.85. The zero-order valence-electron chi connectivity index (χ0n) is 13.3. The van der Waals surface area contributed by atoms with Gasteiger partial charge in [0.15, 0.2) is 5.82 Å². The van der Waals surface area contributed by atoms with E-state index in [0.717, 1.165) is 6.29 Å². The summed E-state index contributed by atoms with van der Waals surface area (Å²) in [6.45, 7) is 0.930. The molecular formula is C17H16FN3O4. The zero-order valence-corrected chi connectivity index (χ0v) is 13.3. The lowest BCUT2D eigenvalue weighted by Gasteiger charge is -2.38. The summed E-state index contributed by atoms with van der Waals surface area (Å²) in [6, 6.07) is 2.35. The van der Waals surface area contributed by atoms with E-state index in [1.165, 1.54) is 4.90 Å². The molecule has 8 heteroatoms. The van der Waals surface area contributed by atoms with Crippen LogP contribution in [0, 0.1) is 11.7 Å². The number of nitrogens with one attached hydrogen (secondary N) is 1. The highest BCUT2D eigenvalue weighted by Gasteiger charge is 2.41. The van der Waals surface area contributed by atoms with Gasteiger partial charge in [-0.2, -0.15) is 0 Å². The molecule has 1 atom stereocenters. The number of imide groups is 1. The second-order valence-electron chi connectivity index (χ2n) is 6.63. The molecule has 3 aliphatic heterocycles. The maximum absolute atomic E-state index is 14.9. The summed E-state index contributed by atoms with van der Waals surface area (Å²) >= 11 is 0. The Bertz CT molecular complexity index is 803. The topological polar surface area (TPSA) is 86.8 Å². The van der Waals surface area contributed by atoms with Gasteiger partial charge in [-0.25, -0.2) is 4.39 Å². The number of anilines is 1. The smallest absolute Gasteiger partial charge is 0.255 e. The molecule has 1 unspecified atom stereocenters. The second-order valence-corrected chi connectivity index (χ2v) is 6.63. The van der Waals surface area contributed by atoms with Crippen molar-refractivity contribution in [3.05, 3.63) is 29.1 Å². The number of aldehydes is 1. The molecule has 130 valence electrons. The Kier molecular flexibility index (Phi) is 3.55. The summed E-state index contributed by atoms with van der Waals surface area (Å²) in [7, 11) is 0. The molecule has 25 heavy (non-hydrogen) atoms. The van der Waals surface area contributed by atoms with Crippen LogP contribution in [0.15, 0.2) is 12.1 Å². The molecule has 0 bridgehead atoms. The Morgan fingerprint density at radius 1 is 1.20 bits per heavy atom. The van der Waals surface area contributed by atoms with Crippen molar-refractivity contribution >= 4 is 29.7 Å². The quantitative estimate of drug-likeness (QED) is 0.626. The maximum Gasteiger partial charge on any atom is 0.255 e. The van der Waals surface area contributed by atoms with Crippen LogP contribution in [0.2, 0.25) is 0 Å². The fourth-order valence-electron chi connectivity index (χ4n) is 3.63. The molecule has 0 aromatic heterocycles. The number of benzene rings is 1. The van der Waals surface area contributed by atoms with Crippen LogP contribution >= 0.6 is 0 Å². The predicted molar refractivity (Wildman–Crippen MR) is 84.2 cm³/mol. The molecule has 4 rings (SSSR count). The lowest BCUT2D eigenvalue weighted by atomic mass is 9.99. The van der Waals surface area contributed by atoms with Crippen molar-refractivity contribution in [3.8, 4) is 0 Å². The zero-order chi connectivity index (χ0) is 17.7. The van der Waals surface area contributed by atoms with Crippen LogP contribution in [-0.4, -0.2) is 48.0 Å². The number of nitrogens with zero attached hydrogens (tertiary/aromatic N) is 2. The highest BCUT2D eigenvalue weighted by atomic mass is 19.1. The fraction of sp³-hybridized carbons (Fsp3) is 0.412. The summed E-state index contributed by atoms with van der Waals surface area (Å²) in [4.78, 5) is 49.7. The van der Waals surface area contributed by atoms with Crippen LogP contribution in [0.4, 0.5) is 10.1 Å². The van der Waals surface area contributed by atoms with Gasteiger partial charge in [0.05, 0.1) is 12.2 Å². The summed E-state index contributed by atoms with van der Waals surface area (Å²) in [6.07, 6.45) is 1.26. The number of amides is 3. The van der Waals surface area contributed by atoms with E-state index in [9.17, 15) is 23.6 Å². The van der Waals surface area contributed by atoms with Crippen LogP contribution in [0.1, 0.15) is 28.8 Å². The number of rotatable bonds is 3. The summed E-state index contributed by atoms with van der Waals surface area (Å²) < 4.78 is 14.9. The normalized spacial score (nSPS) is 23.4. The Morgan fingerprint density at radius 3 is 2.64 bits per heavy atom. The highest BCUT2D eigenvalue weighted by Crippen LogP contribution is 2.35. The molecule has 3 amide bonds. The molecule has 2 fully saturated rings. The minimum Gasteiger partial charge on any atom is -0.368 e. The standard InChI is InChI=1S/C17H16FN3O4/c18-15-11-7-21(13-3-4-14(23)19-16(13)24)17(25)10(11)1-2-12(15)20-5-9(6-20)8-22/h1-2,8-9,13H,3-7H2,(H,19,23,24). The lowest BCUT2D eigenvalue weighted by molar-refractivity contribution is -0.136. The average Bonchev–Trinajstić information content (AvgIpc) is 2.86. The van der Waals surface area contributed by atoms with E-state index < -0.39 is 23.7 Å². The van der Waals surface area contributed by atoms with Gasteiger partial charge in [0.25, 0.3) is 5.91 Å². The van der Waals surface area contributed by atoms with Gasteiger partial charge in [0, 0.05) is 36.6 Å². The number of halogens is 1. The first kappa shape index (κ1) is 15.7. The second kappa shape index (κ2) is 5.65. The first-order chi connectivity index (χ1) is 12.0. The SMILES string of the molecule is O=CC1CN(c2ccc3c(c2F)CN(C2CCC(=O)NC2=O)C3=O)C1. The minimum atomic E-state index is -0.760. The van der Waals surface area contributed by atoms with Crippen molar-refractivity contribution < 1.29 is 23.6 Å². The third-order valence-corrected chi connectivity index (χ3v) is 5.07.